The average molecular weight is 324 g/mol. The number of allylic oxidation sites excluding steroid dienone is 1. The number of hydrogen-bond donors (Lipinski definition) is 1. The van der Waals surface area contributed by atoms with E-state index < -0.39 is 5.63 Å². The second-order valence-corrected chi connectivity index (χ2v) is 6.02. The van der Waals surface area contributed by atoms with Crippen LogP contribution in [0, 0.1) is 11.3 Å². The quantitative estimate of drug-likeness (QED) is 0.665. The lowest BCUT2D eigenvalue weighted by molar-refractivity contribution is 0.376. The van der Waals surface area contributed by atoms with E-state index in [9.17, 15) is 10.1 Å². The van der Waals surface area contributed by atoms with Gasteiger partial charge in [-0.25, -0.2) is 4.79 Å². The highest BCUT2D eigenvalue weighted by Gasteiger charge is 2.33. The topological polar surface area (TPSA) is 89.3 Å². The van der Waals surface area contributed by atoms with Crippen molar-refractivity contribution in [3.05, 3.63) is 51.7 Å². The summed E-state index contributed by atoms with van der Waals surface area (Å²) < 4.78 is 11.1. The van der Waals surface area contributed by atoms with Crippen molar-refractivity contribution in [3.63, 3.8) is 0 Å². The molecule has 5 heteroatoms. The third-order valence-electron chi connectivity index (χ3n) is 4.44. The predicted octanol–water partition coefficient (Wildman–Crippen LogP) is 3.93. The maximum absolute atomic E-state index is 12.5. The molecule has 0 amide bonds. The zero-order valence-corrected chi connectivity index (χ0v) is 13.7. The number of para-hydroxylation sites is 1. The van der Waals surface area contributed by atoms with Gasteiger partial charge in [0.2, 0.25) is 5.88 Å². The fourth-order valence-electron chi connectivity index (χ4n) is 3.22. The Morgan fingerprint density at radius 2 is 2.04 bits per heavy atom. The summed E-state index contributed by atoms with van der Waals surface area (Å²) in [5, 5.41) is 10.2. The molecule has 2 N–H and O–H groups in total. The van der Waals surface area contributed by atoms with E-state index in [-0.39, 0.29) is 11.8 Å². The number of rotatable bonds is 5. The van der Waals surface area contributed by atoms with E-state index in [0.717, 1.165) is 25.7 Å². The van der Waals surface area contributed by atoms with Gasteiger partial charge >= 0.3 is 5.63 Å². The number of benzene rings is 1. The first-order chi connectivity index (χ1) is 11.7. The molecule has 5 nitrogen and oxygen atoms in total. The molecule has 1 unspecified atom stereocenters. The molecule has 0 radical (unpaired) electrons. The van der Waals surface area contributed by atoms with Gasteiger partial charge in [0, 0.05) is 5.92 Å². The Morgan fingerprint density at radius 3 is 2.79 bits per heavy atom. The maximum atomic E-state index is 12.5. The van der Waals surface area contributed by atoms with Crippen LogP contribution in [0.25, 0.3) is 11.0 Å². The van der Waals surface area contributed by atoms with Gasteiger partial charge < -0.3 is 14.9 Å². The number of unbranched alkanes of at least 4 members (excludes halogenated alkanes) is 3. The summed E-state index contributed by atoms with van der Waals surface area (Å²) >= 11 is 0. The van der Waals surface area contributed by atoms with Crippen molar-refractivity contribution in [1.29, 1.82) is 5.26 Å². The lowest BCUT2D eigenvalue weighted by Gasteiger charge is -2.25. The highest BCUT2D eigenvalue weighted by Crippen LogP contribution is 2.42. The van der Waals surface area contributed by atoms with Crippen LogP contribution in [0.4, 0.5) is 0 Å². The van der Waals surface area contributed by atoms with Crippen molar-refractivity contribution in [2.45, 2.75) is 44.9 Å². The standard InChI is InChI=1S/C19H20N2O3/c1-2-3-4-5-8-12-14(11-20)18(21)24-17-13-9-6-7-10-15(13)23-19(22)16(12)17/h6-7,9-10,12H,2-5,8,21H2,1H3. The summed E-state index contributed by atoms with van der Waals surface area (Å²) in [6, 6.07) is 9.30. The van der Waals surface area contributed by atoms with Crippen LogP contribution in [0.3, 0.4) is 0 Å². The Bertz CT molecular complexity index is 890. The highest BCUT2D eigenvalue weighted by atomic mass is 16.5. The Labute approximate surface area is 140 Å². The average Bonchev–Trinajstić information content (AvgIpc) is 2.58. The summed E-state index contributed by atoms with van der Waals surface area (Å²) in [4.78, 5) is 12.5. The lowest BCUT2D eigenvalue weighted by atomic mass is 9.85. The fourth-order valence-corrected chi connectivity index (χ4v) is 3.22. The number of nitriles is 1. The lowest BCUT2D eigenvalue weighted by Crippen LogP contribution is -2.25. The zero-order chi connectivity index (χ0) is 17.1. The molecule has 0 aliphatic carbocycles. The molecule has 0 saturated heterocycles. The monoisotopic (exact) mass is 324 g/mol. The predicted molar refractivity (Wildman–Crippen MR) is 91.4 cm³/mol. The Morgan fingerprint density at radius 1 is 1.25 bits per heavy atom. The van der Waals surface area contributed by atoms with Gasteiger partial charge in [0.1, 0.15) is 11.7 Å². The summed E-state index contributed by atoms with van der Waals surface area (Å²) in [6.45, 7) is 2.14. The number of fused-ring (bicyclic) bond motifs is 3. The minimum atomic E-state index is -0.454. The van der Waals surface area contributed by atoms with E-state index in [2.05, 4.69) is 13.0 Å². The van der Waals surface area contributed by atoms with Gasteiger partial charge in [-0.2, -0.15) is 5.26 Å². The molecule has 1 atom stereocenters. The van der Waals surface area contributed by atoms with Crippen molar-refractivity contribution < 1.29 is 9.15 Å². The van der Waals surface area contributed by atoms with E-state index in [4.69, 9.17) is 14.9 Å². The fraction of sp³-hybridized carbons (Fsp3) is 0.368. The number of nitrogens with two attached hydrogens (primary N) is 1. The second kappa shape index (κ2) is 6.79. The maximum Gasteiger partial charge on any atom is 0.343 e. The molecular formula is C19H20N2O3. The van der Waals surface area contributed by atoms with E-state index in [1.807, 2.05) is 12.1 Å². The van der Waals surface area contributed by atoms with Crippen LogP contribution in [0.2, 0.25) is 0 Å². The molecule has 0 bridgehead atoms. The molecule has 1 aliphatic rings. The van der Waals surface area contributed by atoms with Gasteiger partial charge in [0.25, 0.3) is 0 Å². The molecule has 0 saturated carbocycles. The van der Waals surface area contributed by atoms with Crippen LogP contribution in [0.5, 0.6) is 5.75 Å². The molecule has 1 aliphatic heterocycles. The molecule has 0 spiro atoms. The largest absolute Gasteiger partial charge is 0.439 e. The Hall–Kier alpha value is -2.74. The van der Waals surface area contributed by atoms with Gasteiger partial charge in [-0.15, -0.1) is 0 Å². The van der Waals surface area contributed by atoms with E-state index in [1.165, 1.54) is 0 Å². The second-order valence-electron chi connectivity index (χ2n) is 6.02. The van der Waals surface area contributed by atoms with Gasteiger partial charge in [-0.3, -0.25) is 0 Å². The Balaban J connectivity index is 2.10. The molecule has 1 aromatic heterocycles. The van der Waals surface area contributed by atoms with Crippen LogP contribution in [-0.4, -0.2) is 0 Å². The van der Waals surface area contributed by atoms with E-state index in [1.54, 1.807) is 12.1 Å². The van der Waals surface area contributed by atoms with Gasteiger partial charge in [0.15, 0.2) is 5.75 Å². The molecule has 2 aromatic rings. The van der Waals surface area contributed by atoms with E-state index >= 15 is 0 Å². The highest BCUT2D eigenvalue weighted by molar-refractivity contribution is 5.85. The minimum absolute atomic E-state index is 0.0845. The van der Waals surface area contributed by atoms with Crippen molar-refractivity contribution in [2.75, 3.05) is 0 Å². The summed E-state index contributed by atoms with van der Waals surface area (Å²) in [5.41, 5.74) is 6.71. The number of nitrogens with zero attached hydrogens (tertiary/aromatic N) is 1. The van der Waals surface area contributed by atoms with Crippen molar-refractivity contribution in [3.8, 4) is 11.8 Å². The zero-order valence-electron chi connectivity index (χ0n) is 13.7. The Kier molecular flexibility index (Phi) is 4.57. The van der Waals surface area contributed by atoms with E-state index in [0.29, 0.717) is 34.3 Å². The van der Waals surface area contributed by atoms with Gasteiger partial charge in [-0.1, -0.05) is 44.7 Å². The van der Waals surface area contributed by atoms with Crippen LogP contribution >= 0.6 is 0 Å². The molecule has 3 rings (SSSR count). The normalized spacial score (nSPS) is 16.6. The van der Waals surface area contributed by atoms with Crippen LogP contribution < -0.4 is 16.1 Å². The number of hydrogen-bond acceptors (Lipinski definition) is 5. The molecule has 2 heterocycles. The molecular weight excluding hydrogens is 304 g/mol. The third kappa shape index (κ3) is 2.76. The van der Waals surface area contributed by atoms with Gasteiger partial charge in [0.05, 0.1) is 16.5 Å². The van der Waals surface area contributed by atoms with Crippen molar-refractivity contribution in [1.82, 2.24) is 0 Å². The number of ether oxygens (including phenoxy) is 1. The third-order valence-corrected chi connectivity index (χ3v) is 4.44. The summed E-state index contributed by atoms with van der Waals surface area (Å²) in [7, 11) is 0. The van der Waals surface area contributed by atoms with Crippen molar-refractivity contribution in [2.24, 2.45) is 5.73 Å². The minimum Gasteiger partial charge on any atom is -0.439 e. The summed E-state index contributed by atoms with van der Waals surface area (Å²) in [5.74, 6) is 0.150. The molecule has 1 aromatic carbocycles. The molecule has 0 fully saturated rings. The van der Waals surface area contributed by atoms with Crippen LogP contribution in [0.15, 0.2) is 44.9 Å². The van der Waals surface area contributed by atoms with Crippen LogP contribution in [-0.2, 0) is 0 Å². The molecule has 124 valence electrons. The smallest absolute Gasteiger partial charge is 0.343 e. The SMILES string of the molecule is CCCCCCC1C(C#N)=C(N)Oc2c1c(=O)oc1ccccc21. The molecule has 24 heavy (non-hydrogen) atoms. The van der Waals surface area contributed by atoms with Gasteiger partial charge in [-0.05, 0) is 18.6 Å². The van der Waals surface area contributed by atoms with Crippen LogP contribution in [0.1, 0.15) is 50.5 Å². The van der Waals surface area contributed by atoms with Crippen molar-refractivity contribution >= 4 is 11.0 Å². The first-order valence-electron chi connectivity index (χ1n) is 8.30. The summed E-state index contributed by atoms with van der Waals surface area (Å²) in [6.07, 6.45) is 4.91. The first-order valence-corrected chi connectivity index (χ1v) is 8.30. The first kappa shape index (κ1) is 16.1.